The monoisotopic (exact) mass is 350 g/mol. The molecule has 1 unspecified atom stereocenters. The van der Waals surface area contributed by atoms with E-state index in [1.807, 2.05) is 0 Å². The van der Waals surface area contributed by atoms with Crippen molar-refractivity contribution in [1.29, 1.82) is 0 Å². The van der Waals surface area contributed by atoms with Gasteiger partial charge in [-0.2, -0.15) is 26.3 Å². The van der Waals surface area contributed by atoms with Crippen LogP contribution < -0.4 is 4.74 Å². The summed E-state index contributed by atoms with van der Waals surface area (Å²) in [6.07, 6.45) is -16.2. The number of ether oxygens (including phenoxy) is 2. The molecule has 1 aromatic carbocycles. The highest BCUT2D eigenvalue weighted by Crippen LogP contribution is 2.49. The number of hydrogen-bond donors (Lipinski definition) is 1. The first-order valence-electron chi connectivity index (χ1n) is 6.17. The molecule has 0 radical (unpaired) electrons. The zero-order valence-electron chi connectivity index (χ0n) is 11.7. The first-order valence-corrected chi connectivity index (χ1v) is 6.17. The molecule has 0 bridgehead atoms. The van der Waals surface area contributed by atoms with Gasteiger partial charge in [-0.3, -0.25) is 0 Å². The second-order valence-corrected chi connectivity index (χ2v) is 4.69. The minimum Gasteiger partial charge on any atom is -0.508 e. The molecule has 132 valence electrons. The Labute approximate surface area is 126 Å². The second kappa shape index (κ2) is 6.81. The van der Waals surface area contributed by atoms with E-state index >= 15 is 0 Å². The van der Waals surface area contributed by atoms with Gasteiger partial charge in [0.2, 0.25) is 0 Å². The van der Waals surface area contributed by atoms with Gasteiger partial charge in [0.15, 0.2) is 0 Å². The molecule has 1 N–H and O–H groups in total. The van der Waals surface area contributed by atoms with Crippen molar-refractivity contribution in [1.82, 2.24) is 0 Å². The molecule has 1 aromatic rings. The zero-order chi connectivity index (χ0) is 17.9. The summed E-state index contributed by atoms with van der Waals surface area (Å²) >= 11 is 0. The van der Waals surface area contributed by atoms with E-state index in [2.05, 4.69) is 4.74 Å². The van der Waals surface area contributed by atoms with Crippen LogP contribution in [0.2, 0.25) is 0 Å². The number of benzene rings is 1. The number of halogens is 7. The third-order valence-electron chi connectivity index (χ3n) is 2.90. The van der Waals surface area contributed by atoms with Crippen LogP contribution in [0.15, 0.2) is 24.3 Å². The van der Waals surface area contributed by atoms with E-state index in [1.54, 1.807) is 0 Å². The van der Waals surface area contributed by atoms with Crippen molar-refractivity contribution >= 4 is 0 Å². The Morgan fingerprint density at radius 1 is 0.957 bits per heavy atom. The number of alkyl halides is 7. The van der Waals surface area contributed by atoms with E-state index in [9.17, 15) is 30.7 Å². The maximum atomic E-state index is 13.7. The molecular weight excluding hydrogens is 337 g/mol. The van der Waals surface area contributed by atoms with Crippen LogP contribution in [0.5, 0.6) is 11.5 Å². The molecule has 0 aromatic heterocycles. The van der Waals surface area contributed by atoms with Gasteiger partial charge in [0.25, 0.3) is 0 Å². The Balaban J connectivity index is 3.02. The van der Waals surface area contributed by atoms with Crippen LogP contribution in [0.25, 0.3) is 0 Å². The topological polar surface area (TPSA) is 38.7 Å². The van der Waals surface area contributed by atoms with Gasteiger partial charge in [-0.1, -0.05) is 0 Å². The predicted octanol–water partition coefficient (Wildman–Crippen LogP) is 4.01. The average Bonchev–Trinajstić information content (AvgIpc) is 2.39. The summed E-state index contributed by atoms with van der Waals surface area (Å²) in [5, 5.41) is 9.06. The van der Waals surface area contributed by atoms with Gasteiger partial charge in [0, 0.05) is 13.5 Å². The number of aromatic hydroxyl groups is 1. The second-order valence-electron chi connectivity index (χ2n) is 4.69. The fourth-order valence-electron chi connectivity index (χ4n) is 1.74. The van der Waals surface area contributed by atoms with Gasteiger partial charge < -0.3 is 14.6 Å². The molecule has 0 saturated heterocycles. The number of hydrogen-bond acceptors (Lipinski definition) is 3. The summed E-state index contributed by atoms with van der Waals surface area (Å²) in [4.78, 5) is 0. The van der Waals surface area contributed by atoms with Crippen LogP contribution in [0.3, 0.4) is 0 Å². The minimum absolute atomic E-state index is 0.142. The Hall–Kier alpha value is -1.71. The van der Waals surface area contributed by atoms with E-state index in [4.69, 9.17) is 9.84 Å². The van der Waals surface area contributed by atoms with E-state index in [-0.39, 0.29) is 11.5 Å². The lowest BCUT2D eigenvalue weighted by Crippen LogP contribution is -2.56. The average molecular weight is 350 g/mol. The normalized spacial score (nSPS) is 14.6. The molecule has 0 aliphatic heterocycles. The Morgan fingerprint density at radius 2 is 1.43 bits per heavy atom. The van der Waals surface area contributed by atoms with Crippen molar-refractivity contribution in [2.45, 2.75) is 30.5 Å². The summed E-state index contributed by atoms with van der Waals surface area (Å²) in [6.45, 7) is -0.696. The molecular formula is C13H13F7O3. The van der Waals surface area contributed by atoms with Crippen molar-refractivity contribution in [2.75, 3.05) is 13.7 Å². The quantitative estimate of drug-likeness (QED) is 0.788. The standard InChI is InChI=1S/C13H13F7O3/c1-22-7-10(23-9-4-2-8(21)3-5-9)6-11(14,12(15,16)17)13(18,19)20/h2-5,10,21H,6-7H2,1H3. The Kier molecular flexibility index (Phi) is 5.73. The number of phenols is 1. The predicted molar refractivity (Wildman–Crippen MR) is 65.0 cm³/mol. The minimum atomic E-state index is -6.16. The van der Waals surface area contributed by atoms with Gasteiger partial charge in [-0.25, -0.2) is 4.39 Å². The van der Waals surface area contributed by atoms with Gasteiger partial charge >= 0.3 is 18.0 Å². The van der Waals surface area contributed by atoms with E-state index < -0.39 is 37.2 Å². The van der Waals surface area contributed by atoms with Crippen molar-refractivity contribution in [3.8, 4) is 11.5 Å². The summed E-state index contributed by atoms with van der Waals surface area (Å²) in [7, 11) is 1.02. The molecule has 23 heavy (non-hydrogen) atoms. The lowest BCUT2D eigenvalue weighted by atomic mass is 9.96. The summed E-state index contributed by atoms with van der Waals surface area (Å²) in [6, 6.07) is 4.43. The highest BCUT2D eigenvalue weighted by molar-refractivity contribution is 5.30. The summed E-state index contributed by atoms with van der Waals surface area (Å²) in [5.41, 5.74) is -5.43. The van der Waals surface area contributed by atoms with Crippen molar-refractivity contribution < 1.29 is 45.3 Å². The number of phenolic OH excluding ortho intramolecular Hbond substituents is 1. The lowest BCUT2D eigenvalue weighted by Gasteiger charge is -2.32. The number of methoxy groups -OCH3 is 1. The van der Waals surface area contributed by atoms with Crippen molar-refractivity contribution in [2.24, 2.45) is 0 Å². The van der Waals surface area contributed by atoms with Crippen LogP contribution in [0.1, 0.15) is 6.42 Å². The van der Waals surface area contributed by atoms with Gasteiger partial charge in [-0.15, -0.1) is 0 Å². The Morgan fingerprint density at radius 3 is 1.83 bits per heavy atom. The van der Waals surface area contributed by atoms with Crippen molar-refractivity contribution in [3.63, 3.8) is 0 Å². The first-order chi connectivity index (χ1) is 10.4. The smallest absolute Gasteiger partial charge is 0.431 e. The molecule has 3 nitrogen and oxygen atoms in total. The molecule has 10 heteroatoms. The molecule has 0 aliphatic rings. The molecule has 0 heterocycles. The van der Waals surface area contributed by atoms with Crippen LogP contribution in [-0.4, -0.2) is 42.9 Å². The van der Waals surface area contributed by atoms with Crippen LogP contribution in [0, 0.1) is 0 Å². The van der Waals surface area contributed by atoms with Gasteiger partial charge in [0.1, 0.15) is 17.6 Å². The number of rotatable bonds is 6. The molecule has 0 fully saturated rings. The SMILES string of the molecule is COCC(CC(F)(C(F)(F)F)C(F)(F)F)Oc1ccc(O)cc1. The third kappa shape index (κ3) is 4.63. The van der Waals surface area contributed by atoms with E-state index in [0.717, 1.165) is 31.4 Å². The third-order valence-corrected chi connectivity index (χ3v) is 2.90. The van der Waals surface area contributed by atoms with Gasteiger partial charge in [0.05, 0.1) is 6.61 Å². The fourth-order valence-corrected chi connectivity index (χ4v) is 1.74. The fraction of sp³-hybridized carbons (Fsp3) is 0.538. The molecule has 0 saturated carbocycles. The van der Waals surface area contributed by atoms with Crippen LogP contribution in [0.4, 0.5) is 30.7 Å². The van der Waals surface area contributed by atoms with E-state index in [1.165, 1.54) is 0 Å². The largest absolute Gasteiger partial charge is 0.508 e. The lowest BCUT2D eigenvalue weighted by molar-refractivity contribution is -0.347. The Bertz CT molecular complexity index is 482. The molecule has 0 aliphatic carbocycles. The molecule has 1 atom stereocenters. The van der Waals surface area contributed by atoms with Crippen LogP contribution >= 0.6 is 0 Å². The molecule has 1 rings (SSSR count). The summed E-state index contributed by atoms with van der Waals surface area (Å²) in [5.74, 6) is -0.331. The summed E-state index contributed by atoms with van der Waals surface area (Å²) < 4.78 is 98.5. The highest BCUT2D eigenvalue weighted by Gasteiger charge is 2.73. The van der Waals surface area contributed by atoms with Gasteiger partial charge in [-0.05, 0) is 24.3 Å². The van der Waals surface area contributed by atoms with Crippen LogP contribution in [-0.2, 0) is 4.74 Å². The highest BCUT2D eigenvalue weighted by atomic mass is 19.4. The maximum absolute atomic E-state index is 13.7. The molecule has 0 amide bonds. The molecule has 0 spiro atoms. The maximum Gasteiger partial charge on any atom is 0.431 e. The zero-order valence-corrected chi connectivity index (χ0v) is 11.7. The van der Waals surface area contributed by atoms with E-state index in [0.29, 0.717) is 0 Å². The first kappa shape index (κ1) is 19.3. The van der Waals surface area contributed by atoms with Crippen molar-refractivity contribution in [3.05, 3.63) is 24.3 Å².